The maximum Gasteiger partial charge on any atom is 0.224 e. The highest BCUT2D eigenvalue weighted by atomic mass is 16.5. The fourth-order valence-corrected chi connectivity index (χ4v) is 3.32. The lowest BCUT2D eigenvalue weighted by Crippen LogP contribution is -2.28. The van der Waals surface area contributed by atoms with E-state index in [9.17, 15) is 4.79 Å². The Morgan fingerprint density at radius 3 is 2.76 bits per heavy atom. The molecule has 0 spiro atoms. The van der Waals surface area contributed by atoms with E-state index in [-0.39, 0.29) is 5.91 Å². The van der Waals surface area contributed by atoms with Crippen molar-refractivity contribution in [3.63, 3.8) is 0 Å². The van der Waals surface area contributed by atoms with Crippen molar-refractivity contribution in [3.8, 4) is 17.1 Å². The average Bonchev–Trinajstić information content (AvgIpc) is 3.13. The summed E-state index contributed by atoms with van der Waals surface area (Å²) in [4.78, 5) is 21.6. The third-order valence-corrected chi connectivity index (χ3v) is 4.69. The van der Waals surface area contributed by atoms with Gasteiger partial charge in [-0.15, -0.1) is 0 Å². The molecule has 0 saturated heterocycles. The Kier molecular flexibility index (Phi) is 5.52. The largest absolute Gasteiger partial charge is 0.497 e. The fourth-order valence-electron chi connectivity index (χ4n) is 3.32. The molecule has 1 N–H and O–H groups in total. The summed E-state index contributed by atoms with van der Waals surface area (Å²) in [6.07, 6.45) is 2.07. The minimum absolute atomic E-state index is 0.0307. The Labute approximate surface area is 169 Å². The predicted octanol–water partition coefficient (Wildman–Crippen LogP) is 3.47. The standard InChI is InChI=1S/C23H22N4O2/c1-29-19-10-5-7-17(15-19)16-21(28)24-13-14-27-22(18-8-3-2-4-9-18)26-20-11-6-12-25-23(20)27/h2-12,15H,13-14,16H2,1H3,(H,24,28). The number of carbonyl (C=O) groups is 1. The van der Waals surface area contributed by atoms with Crippen molar-refractivity contribution >= 4 is 17.1 Å². The summed E-state index contributed by atoms with van der Waals surface area (Å²) < 4.78 is 7.27. The van der Waals surface area contributed by atoms with Gasteiger partial charge in [0.25, 0.3) is 0 Å². The molecule has 6 heteroatoms. The van der Waals surface area contributed by atoms with Crippen molar-refractivity contribution in [3.05, 3.63) is 78.5 Å². The predicted molar refractivity (Wildman–Crippen MR) is 113 cm³/mol. The molecule has 1 amide bonds. The zero-order valence-electron chi connectivity index (χ0n) is 16.2. The molecule has 0 atom stereocenters. The Balaban J connectivity index is 1.47. The number of carbonyl (C=O) groups excluding carboxylic acids is 1. The zero-order valence-corrected chi connectivity index (χ0v) is 16.2. The third kappa shape index (κ3) is 4.27. The highest BCUT2D eigenvalue weighted by molar-refractivity contribution is 5.79. The Bertz CT molecular complexity index is 1120. The molecule has 4 aromatic rings. The number of ether oxygens (including phenoxy) is 1. The molecule has 0 radical (unpaired) electrons. The van der Waals surface area contributed by atoms with E-state index in [1.54, 1.807) is 13.3 Å². The lowest BCUT2D eigenvalue weighted by Gasteiger charge is -2.10. The first kappa shape index (κ1) is 18.7. The SMILES string of the molecule is COc1cccc(CC(=O)NCCn2c(-c3ccccc3)nc3cccnc32)c1. The maximum atomic E-state index is 12.4. The van der Waals surface area contributed by atoms with Crippen LogP contribution in [0.25, 0.3) is 22.6 Å². The van der Waals surface area contributed by atoms with Crippen molar-refractivity contribution in [1.82, 2.24) is 19.9 Å². The minimum Gasteiger partial charge on any atom is -0.497 e. The van der Waals surface area contributed by atoms with E-state index in [1.807, 2.05) is 66.7 Å². The van der Waals surface area contributed by atoms with Crippen LogP contribution in [0.1, 0.15) is 5.56 Å². The van der Waals surface area contributed by atoms with E-state index in [0.29, 0.717) is 19.5 Å². The first-order valence-corrected chi connectivity index (χ1v) is 9.51. The molecule has 29 heavy (non-hydrogen) atoms. The second-order valence-corrected chi connectivity index (χ2v) is 6.68. The average molecular weight is 386 g/mol. The minimum atomic E-state index is -0.0307. The molecule has 0 aliphatic heterocycles. The van der Waals surface area contributed by atoms with Crippen LogP contribution in [0.3, 0.4) is 0 Å². The van der Waals surface area contributed by atoms with Crippen LogP contribution in [0.4, 0.5) is 0 Å². The molecule has 0 aliphatic carbocycles. The highest BCUT2D eigenvalue weighted by Gasteiger charge is 2.13. The van der Waals surface area contributed by atoms with Gasteiger partial charge in [-0.25, -0.2) is 9.97 Å². The van der Waals surface area contributed by atoms with Crippen LogP contribution in [0.5, 0.6) is 5.75 Å². The number of hydrogen-bond acceptors (Lipinski definition) is 4. The van der Waals surface area contributed by atoms with E-state index in [2.05, 4.69) is 14.9 Å². The first-order valence-electron chi connectivity index (χ1n) is 9.51. The number of nitrogens with zero attached hydrogens (tertiary/aromatic N) is 3. The van der Waals surface area contributed by atoms with Gasteiger partial charge in [0, 0.05) is 24.8 Å². The van der Waals surface area contributed by atoms with Gasteiger partial charge >= 0.3 is 0 Å². The second-order valence-electron chi connectivity index (χ2n) is 6.68. The van der Waals surface area contributed by atoms with Gasteiger partial charge in [-0.2, -0.15) is 0 Å². The van der Waals surface area contributed by atoms with Gasteiger partial charge in [0.1, 0.15) is 17.1 Å². The first-order chi connectivity index (χ1) is 14.2. The summed E-state index contributed by atoms with van der Waals surface area (Å²) in [6, 6.07) is 21.4. The number of fused-ring (bicyclic) bond motifs is 1. The normalized spacial score (nSPS) is 10.8. The van der Waals surface area contributed by atoms with Gasteiger partial charge in [0.2, 0.25) is 5.91 Å². The summed E-state index contributed by atoms with van der Waals surface area (Å²) in [5, 5.41) is 2.99. The van der Waals surface area contributed by atoms with Crippen LogP contribution in [0.15, 0.2) is 72.9 Å². The van der Waals surface area contributed by atoms with Gasteiger partial charge in [-0.1, -0.05) is 42.5 Å². The number of nitrogens with one attached hydrogen (secondary N) is 1. The second kappa shape index (κ2) is 8.56. The topological polar surface area (TPSA) is 69.0 Å². The number of rotatable bonds is 7. The van der Waals surface area contributed by atoms with Crippen LogP contribution < -0.4 is 10.1 Å². The molecule has 2 aromatic heterocycles. The molecule has 2 aromatic carbocycles. The molecule has 0 unspecified atom stereocenters. The molecule has 0 bridgehead atoms. The van der Waals surface area contributed by atoms with E-state index >= 15 is 0 Å². The Morgan fingerprint density at radius 2 is 1.93 bits per heavy atom. The summed E-state index contributed by atoms with van der Waals surface area (Å²) in [5.74, 6) is 1.57. The number of amides is 1. The van der Waals surface area contributed by atoms with Gasteiger partial charge in [-0.3, -0.25) is 4.79 Å². The van der Waals surface area contributed by atoms with E-state index in [1.165, 1.54) is 0 Å². The molecule has 0 aliphatic rings. The van der Waals surface area contributed by atoms with Crippen molar-refractivity contribution in [2.24, 2.45) is 0 Å². The summed E-state index contributed by atoms with van der Waals surface area (Å²) in [6.45, 7) is 1.08. The number of benzene rings is 2. The van der Waals surface area contributed by atoms with Gasteiger partial charge in [0.05, 0.1) is 13.5 Å². The molecular weight excluding hydrogens is 364 g/mol. The molecular formula is C23H22N4O2. The van der Waals surface area contributed by atoms with Gasteiger partial charge in [0.15, 0.2) is 5.65 Å². The quantitative estimate of drug-likeness (QED) is 0.528. The van der Waals surface area contributed by atoms with Crippen molar-refractivity contribution in [2.45, 2.75) is 13.0 Å². The van der Waals surface area contributed by atoms with Crippen LogP contribution in [-0.4, -0.2) is 34.1 Å². The third-order valence-electron chi connectivity index (χ3n) is 4.69. The van der Waals surface area contributed by atoms with Crippen molar-refractivity contribution in [1.29, 1.82) is 0 Å². The monoisotopic (exact) mass is 386 g/mol. The molecule has 0 saturated carbocycles. The van der Waals surface area contributed by atoms with Crippen LogP contribution >= 0.6 is 0 Å². The molecule has 0 fully saturated rings. The zero-order chi connectivity index (χ0) is 20.1. The number of hydrogen-bond donors (Lipinski definition) is 1. The number of aromatic nitrogens is 3. The van der Waals surface area contributed by atoms with Crippen LogP contribution in [-0.2, 0) is 17.8 Å². The van der Waals surface area contributed by atoms with Crippen LogP contribution in [0, 0.1) is 0 Å². The summed E-state index contributed by atoms with van der Waals surface area (Å²) >= 11 is 0. The van der Waals surface area contributed by atoms with Crippen molar-refractivity contribution in [2.75, 3.05) is 13.7 Å². The Morgan fingerprint density at radius 1 is 1.07 bits per heavy atom. The van der Waals surface area contributed by atoms with E-state index in [4.69, 9.17) is 9.72 Å². The van der Waals surface area contributed by atoms with E-state index < -0.39 is 0 Å². The molecule has 2 heterocycles. The van der Waals surface area contributed by atoms with Gasteiger partial charge in [-0.05, 0) is 29.8 Å². The highest BCUT2D eigenvalue weighted by Crippen LogP contribution is 2.23. The lowest BCUT2D eigenvalue weighted by molar-refractivity contribution is -0.120. The number of imidazole rings is 1. The number of methoxy groups -OCH3 is 1. The van der Waals surface area contributed by atoms with Gasteiger partial charge < -0.3 is 14.6 Å². The molecule has 4 rings (SSSR count). The van der Waals surface area contributed by atoms with E-state index in [0.717, 1.165) is 33.9 Å². The smallest absolute Gasteiger partial charge is 0.224 e. The molecule has 146 valence electrons. The van der Waals surface area contributed by atoms with Crippen molar-refractivity contribution < 1.29 is 9.53 Å². The maximum absolute atomic E-state index is 12.4. The Hall–Kier alpha value is -3.67. The number of pyridine rings is 1. The lowest BCUT2D eigenvalue weighted by atomic mass is 10.1. The summed E-state index contributed by atoms with van der Waals surface area (Å²) in [5.41, 5.74) is 3.59. The van der Waals surface area contributed by atoms with Crippen LogP contribution in [0.2, 0.25) is 0 Å². The molecule has 6 nitrogen and oxygen atoms in total. The summed E-state index contributed by atoms with van der Waals surface area (Å²) in [7, 11) is 1.62. The fraction of sp³-hybridized carbons (Fsp3) is 0.174.